The average Bonchev–Trinajstić information content (AvgIpc) is 2.38. The molecular formula is C12H15ClN2O4. The molecule has 104 valence electrons. The molecule has 0 spiro atoms. The van der Waals surface area contributed by atoms with Crippen molar-refractivity contribution in [1.82, 2.24) is 4.98 Å². The first-order chi connectivity index (χ1) is 9.08. The molecule has 1 fully saturated rings. The lowest BCUT2D eigenvalue weighted by Crippen LogP contribution is -2.29. The van der Waals surface area contributed by atoms with Gasteiger partial charge in [-0.3, -0.25) is 10.1 Å². The van der Waals surface area contributed by atoms with Gasteiger partial charge in [0.05, 0.1) is 23.2 Å². The number of hydrogen-bond donors (Lipinski definition) is 0. The number of nitro groups is 1. The molecule has 1 saturated carbocycles. The van der Waals surface area contributed by atoms with Crippen molar-refractivity contribution in [2.24, 2.45) is 0 Å². The third kappa shape index (κ3) is 3.78. The van der Waals surface area contributed by atoms with Crippen molar-refractivity contribution in [3.05, 3.63) is 27.4 Å². The van der Waals surface area contributed by atoms with Gasteiger partial charge >= 0.3 is 0 Å². The summed E-state index contributed by atoms with van der Waals surface area (Å²) < 4.78 is 11.0. The van der Waals surface area contributed by atoms with Gasteiger partial charge in [-0.1, -0.05) is 11.6 Å². The van der Waals surface area contributed by atoms with Crippen molar-refractivity contribution in [2.75, 3.05) is 7.11 Å². The van der Waals surface area contributed by atoms with Gasteiger partial charge in [0.2, 0.25) is 5.88 Å². The van der Waals surface area contributed by atoms with Crippen LogP contribution in [0.3, 0.4) is 0 Å². The summed E-state index contributed by atoms with van der Waals surface area (Å²) in [7, 11) is 1.68. The van der Waals surface area contributed by atoms with Crippen LogP contribution in [0.25, 0.3) is 0 Å². The van der Waals surface area contributed by atoms with Crippen LogP contribution in [0, 0.1) is 10.1 Å². The van der Waals surface area contributed by atoms with Gasteiger partial charge in [0.25, 0.3) is 5.69 Å². The Kier molecular flexibility index (Phi) is 4.55. The third-order valence-electron chi connectivity index (χ3n) is 3.16. The summed E-state index contributed by atoms with van der Waals surface area (Å²) in [4.78, 5) is 14.2. The summed E-state index contributed by atoms with van der Waals surface area (Å²) in [5, 5.41) is 10.8. The molecule has 1 aromatic heterocycles. The molecule has 0 aliphatic heterocycles. The molecule has 19 heavy (non-hydrogen) atoms. The largest absolute Gasteiger partial charge is 0.474 e. The molecule has 2 unspecified atom stereocenters. The zero-order valence-electron chi connectivity index (χ0n) is 10.5. The van der Waals surface area contributed by atoms with Crippen molar-refractivity contribution in [3.8, 4) is 5.88 Å². The van der Waals surface area contributed by atoms with Gasteiger partial charge in [-0.25, -0.2) is 4.98 Å². The lowest BCUT2D eigenvalue weighted by Gasteiger charge is -2.28. The fourth-order valence-electron chi connectivity index (χ4n) is 2.22. The molecule has 7 heteroatoms. The van der Waals surface area contributed by atoms with Crippen LogP contribution in [0.5, 0.6) is 5.88 Å². The predicted molar refractivity (Wildman–Crippen MR) is 69.6 cm³/mol. The fourth-order valence-corrected chi connectivity index (χ4v) is 2.41. The number of hydrogen-bond acceptors (Lipinski definition) is 5. The molecule has 2 atom stereocenters. The number of rotatable bonds is 4. The van der Waals surface area contributed by atoms with Crippen molar-refractivity contribution in [1.29, 1.82) is 0 Å². The maximum atomic E-state index is 10.7. The topological polar surface area (TPSA) is 74.5 Å². The molecule has 0 radical (unpaired) electrons. The third-order valence-corrected chi connectivity index (χ3v) is 3.36. The van der Waals surface area contributed by atoms with E-state index in [4.69, 9.17) is 21.1 Å². The molecule has 1 aliphatic rings. The Labute approximate surface area is 115 Å². The van der Waals surface area contributed by atoms with E-state index in [1.165, 1.54) is 12.1 Å². The number of ether oxygens (including phenoxy) is 2. The minimum Gasteiger partial charge on any atom is -0.474 e. The van der Waals surface area contributed by atoms with Gasteiger partial charge in [-0.2, -0.15) is 0 Å². The minimum absolute atomic E-state index is 0.0377. The van der Waals surface area contributed by atoms with Crippen LogP contribution in [-0.2, 0) is 4.74 Å². The van der Waals surface area contributed by atoms with Crippen LogP contribution in [-0.4, -0.2) is 29.2 Å². The first-order valence-corrected chi connectivity index (χ1v) is 6.47. The van der Waals surface area contributed by atoms with Gasteiger partial charge in [-0.15, -0.1) is 0 Å². The normalized spacial score (nSPS) is 23.1. The van der Waals surface area contributed by atoms with E-state index in [9.17, 15) is 10.1 Å². The van der Waals surface area contributed by atoms with Crippen LogP contribution < -0.4 is 4.74 Å². The molecule has 1 heterocycles. The van der Waals surface area contributed by atoms with Gasteiger partial charge in [0.15, 0.2) is 0 Å². The zero-order chi connectivity index (χ0) is 13.8. The maximum absolute atomic E-state index is 10.7. The molecule has 6 nitrogen and oxygen atoms in total. The second-order valence-corrected chi connectivity index (χ2v) is 4.89. The van der Waals surface area contributed by atoms with Gasteiger partial charge in [0, 0.05) is 13.5 Å². The second-order valence-electron chi connectivity index (χ2n) is 4.51. The van der Waals surface area contributed by atoms with E-state index in [1.54, 1.807) is 7.11 Å². The van der Waals surface area contributed by atoms with E-state index in [0.717, 1.165) is 25.7 Å². The first kappa shape index (κ1) is 14.0. The SMILES string of the molecule is COC1CCCC(Oc2cc([N+](=O)[O-])cc(Cl)n2)C1. The molecular weight excluding hydrogens is 272 g/mol. The van der Waals surface area contributed by atoms with E-state index < -0.39 is 4.92 Å². The van der Waals surface area contributed by atoms with Gasteiger partial charge in [0.1, 0.15) is 11.3 Å². The molecule has 0 aromatic carbocycles. The van der Waals surface area contributed by atoms with E-state index in [0.29, 0.717) is 0 Å². The average molecular weight is 287 g/mol. The van der Waals surface area contributed by atoms with Gasteiger partial charge < -0.3 is 9.47 Å². The Morgan fingerprint density at radius 3 is 2.84 bits per heavy atom. The van der Waals surface area contributed by atoms with Crippen LogP contribution in [0.4, 0.5) is 5.69 Å². The Morgan fingerprint density at radius 1 is 1.42 bits per heavy atom. The lowest BCUT2D eigenvalue weighted by atomic mass is 9.95. The molecule has 1 aromatic rings. The predicted octanol–water partition coefficient (Wildman–Crippen LogP) is 2.98. The van der Waals surface area contributed by atoms with Crippen LogP contribution in [0.1, 0.15) is 25.7 Å². The molecule has 0 amide bonds. The quantitative estimate of drug-likeness (QED) is 0.483. The van der Waals surface area contributed by atoms with Gasteiger partial charge in [-0.05, 0) is 19.3 Å². The fraction of sp³-hybridized carbons (Fsp3) is 0.583. The van der Waals surface area contributed by atoms with E-state index >= 15 is 0 Å². The second kappa shape index (κ2) is 6.16. The highest BCUT2D eigenvalue weighted by molar-refractivity contribution is 6.29. The van der Waals surface area contributed by atoms with Crippen molar-refractivity contribution in [2.45, 2.75) is 37.9 Å². The van der Waals surface area contributed by atoms with Crippen molar-refractivity contribution < 1.29 is 14.4 Å². The Morgan fingerprint density at radius 2 is 2.16 bits per heavy atom. The Balaban J connectivity index is 2.08. The number of halogens is 1. The van der Waals surface area contributed by atoms with E-state index in [-0.39, 0.29) is 28.9 Å². The maximum Gasteiger partial charge on any atom is 0.277 e. The highest BCUT2D eigenvalue weighted by Gasteiger charge is 2.24. The van der Waals surface area contributed by atoms with Crippen LogP contribution in [0.15, 0.2) is 12.1 Å². The number of nitrogens with zero attached hydrogens (tertiary/aromatic N) is 2. The highest BCUT2D eigenvalue weighted by atomic mass is 35.5. The van der Waals surface area contributed by atoms with Crippen LogP contribution >= 0.6 is 11.6 Å². The number of aromatic nitrogens is 1. The van der Waals surface area contributed by atoms with E-state index in [1.807, 2.05) is 0 Å². The Bertz CT molecular complexity index is 469. The van der Waals surface area contributed by atoms with Crippen molar-refractivity contribution >= 4 is 17.3 Å². The summed E-state index contributed by atoms with van der Waals surface area (Å²) in [5.41, 5.74) is -0.117. The number of methoxy groups -OCH3 is 1. The van der Waals surface area contributed by atoms with E-state index in [2.05, 4.69) is 4.98 Å². The molecule has 0 bridgehead atoms. The minimum atomic E-state index is -0.515. The summed E-state index contributed by atoms with van der Waals surface area (Å²) >= 11 is 5.75. The molecule has 0 saturated heterocycles. The zero-order valence-corrected chi connectivity index (χ0v) is 11.3. The summed E-state index contributed by atoms with van der Waals surface area (Å²) in [6.45, 7) is 0. The smallest absolute Gasteiger partial charge is 0.277 e. The standard InChI is InChI=1S/C12H15ClN2O4/c1-18-9-3-2-4-10(7-9)19-12-6-8(15(16)17)5-11(13)14-12/h5-6,9-10H,2-4,7H2,1H3. The first-order valence-electron chi connectivity index (χ1n) is 6.10. The lowest BCUT2D eigenvalue weighted by molar-refractivity contribution is -0.385. The van der Waals surface area contributed by atoms with Crippen LogP contribution in [0.2, 0.25) is 5.15 Å². The monoisotopic (exact) mass is 286 g/mol. The highest BCUT2D eigenvalue weighted by Crippen LogP contribution is 2.27. The van der Waals surface area contributed by atoms with Crippen molar-refractivity contribution in [3.63, 3.8) is 0 Å². The molecule has 0 N–H and O–H groups in total. The summed E-state index contributed by atoms with van der Waals surface area (Å²) in [6, 6.07) is 2.50. The summed E-state index contributed by atoms with van der Waals surface area (Å²) in [5.74, 6) is 0.195. The number of pyridine rings is 1. The molecule has 1 aliphatic carbocycles. The molecule has 2 rings (SSSR count). The Hall–Kier alpha value is -1.40. The summed E-state index contributed by atoms with van der Waals surface area (Å²) in [6.07, 6.45) is 3.81.